The predicted octanol–water partition coefficient (Wildman–Crippen LogP) is -7.38. The third-order valence-corrected chi connectivity index (χ3v) is 2.53. The third-order valence-electron chi connectivity index (χ3n) is 1.44. The molecule has 0 bridgehead atoms. The summed E-state index contributed by atoms with van der Waals surface area (Å²) in [5, 5.41) is 6.40. The molecule has 0 radical (unpaired) electrons. The number of amides is 2. The van der Waals surface area contributed by atoms with Gasteiger partial charge in [-0.25, -0.2) is 0 Å². The number of hydroxylamine groups is 2. The van der Waals surface area contributed by atoms with Gasteiger partial charge in [0.15, 0.2) is 5.25 Å². The van der Waals surface area contributed by atoms with Crippen LogP contribution in [0.4, 0.5) is 0 Å². The minimum atomic E-state index is -4.59. The zero-order valence-corrected chi connectivity index (χ0v) is 12.5. The van der Waals surface area contributed by atoms with Gasteiger partial charge in [-0.1, -0.05) is 0 Å². The minimum Gasteiger partial charge on any atom is -1.00 e. The van der Waals surface area contributed by atoms with Crippen molar-refractivity contribution in [1.29, 1.82) is 0 Å². The number of carbonyl (C=O) groups is 2. The number of hydrogen-bond acceptors (Lipinski definition) is 5. The molecule has 0 spiro atoms. The van der Waals surface area contributed by atoms with Gasteiger partial charge in [0.25, 0.3) is 21.9 Å². The Kier molecular flexibility index (Phi) is 7.36. The Bertz CT molecular complexity index is 348. The largest absolute Gasteiger partial charge is 1.00 e. The number of imide groups is 1. The summed E-state index contributed by atoms with van der Waals surface area (Å²) >= 11 is 0. The van der Waals surface area contributed by atoms with Gasteiger partial charge in [0.05, 0.1) is 6.42 Å². The van der Waals surface area contributed by atoms with Crippen LogP contribution in [0.3, 0.4) is 0 Å². The van der Waals surface area contributed by atoms with Crippen molar-refractivity contribution in [3.63, 3.8) is 0 Å². The number of carbonyl (C=O) groups excluding carboxylic acids is 2. The van der Waals surface area contributed by atoms with Crippen LogP contribution < -0.4 is 59.1 Å². The fraction of sp³-hybridized carbons (Fsp3) is 0.500. The van der Waals surface area contributed by atoms with Crippen molar-refractivity contribution >= 4 is 21.9 Å². The molecule has 10 heteroatoms. The number of hydrogen-bond donors (Lipinski definition) is 2. The molecule has 0 aromatic carbocycles. The second-order valence-electron chi connectivity index (χ2n) is 2.25. The van der Waals surface area contributed by atoms with Crippen molar-refractivity contribution in [2.75, 3.05) is 0 Å². The molecule has 2 amide bonds. The van der Waals surface area contributed by atoms with Gasteiger partial charge in [0.2, 0.25) is 0 Å². The molecular formula is C4H7NNa2O6S. The SMILES string of the molecule is O=C1CC(S(=O)(=O)O)C(=O)N1O.[H-].[H-].[Na+].[Na+]. The molecule has 1 fully saturated rings. The first-order valence-corrected chi connectivity index (χ1v) is 4.36. The summed E-state index contributed by atoms with van der Waals surface area (Å²) in [7, 11) is -4.59. The molecule has 1 saturated heterocycles. The quantitative estimate of drug-likeness (QED) is 0.205. The maximum atomic E-state index is 10.7. The maximum Gasteiger partial charge on any atom is 1.00 e. The van der Waals surface area contributed by atoms with Crippen LogP contribution in [-0.2, 0) is 19.7 Å². The van der Waals surface area contributed by atoms with Gasteiger partial charge in [-0.05, 0) is 0 Å². The summed E-state index contributed by atoms with van der Waals surface area (Å²) in [5.41, 5.74) is 0. The molecule has 14 heavy (non-hydrogen) atoms. The van der Waals surface area contributed by atoms with Crippen LogP contribution >= 0.6 is 0 Å². The Balaban J connectivity index is -0.000000180. The molecule has 7 nitrogen and oxygen atoms in total. The van der Waals surface area contributed by atoms with Gasteiger partial charge in [-0.2, -0.15) is 13.5 Å². The monoisotopic (exact) mass is 243 g/mol. The first kappa shape index (κ1) is 17.4. The van der Waals surface area contributed by atoms with Gasteiger partial charge in [0, 0.05) is 0 Å². The molecule has 0 aromatic heterocycles. The normalized spacial score (nSPS) is 21.6. The van der Waals surface area contributed by atoms with Gasteiger partial charge in [-0.15, -0.1) is 0 Å². The van der Waals surface area contributed by atoms with Crippen LogP contribution in [0.5, 0.6) is 0 Å². The average molecular weight is 243 g/mol. The zero-order valence-electron chi connectivity index (χ0n) is 9.67. The fourth-order valence-electron chi connectivity index (χ4n) is 0.824. The standard InChI is InChI=1S/C4H5NO6S.2Na.2H/c6-3-1-2(12(9,10)11)4(7)5(3)8;;;;/h2,8H,1H2,(H,9,10,11);;;;/q;2*+1;2*-1. The molecule has 0 aromatic rings. The van der Waals surface area contributed by atoms with Crippen LogP contribution in [-0.4, -0.2) is 40.3 Å². The van der Waals surface area contributed by atoms with E-state index in [1.165, 1.54) is 0 Å². The summed E-state index contributed by atoms with van der Waals surface area (Å²) in [4.78, 5) is 21.2. The molecule has 1 unspecified atom stereocenters. The maximum absolute atomic E-state index is 10.7. The summed E-state index contributed by atoms with van der Waals surface area (Å²) in [5.74, 6) is -2.36. The van der Waals surface area contributed by atoms with E-state index >= 15 is 0 Å². The van der Waals surface area contributed by atoms with Gasteiger partial charge in [0.1, 0.15) is 0 Å². The summed E-state index contributed by atoms with van der Waals surface area (Å²) < 4.78 is 29.1. The Hall–Kier alpha value is 1.01. The first-order chi connectivity index (χ1) is 5.34. The summed E-state index contributed by atoms with van der Waals surface area (Å²) in [6.07, 6.45) is -0.714. The minimum absolute atomic E-state index is 0. The van der Waals surface area contributed by atoms with Crippen molar-refractivity contribution in [3.8, 4) is 0 Å². The van der Waals surface area contributed by atoms with Gasteiger partial charge < -0.3 is 2.85 Å². The van der Waals surface area contributed by atoms with E-state index in [9.17, 15) is 18.0 Å². The summed E-state index contributed by atoms with van der Waals surface area (Å²) in [6, 6.07) is 0. The van der Waals surface area contributed by atoms with Crippen molar-refractivity contribution in [1.82, 2.24) is 5.06 Å². The fourth-order valence-corrected chi connectivity index (χ4v) is 1.53. The van der Waals surface area contributed by atoms with Crippen molar-refractivity contribution in [2.24, 2.45) is 0 Å². The van der Waals surface area contributed by atoms with Crippen molar-refractivity contribution in [2.45, 2.75) is 11.7 Å². The van der Waals surface area contributed by atoms with Crippen LogP contribution in [0.15, 0.2) is 0 Å². The smallest absolute Gasteiger partial charge is 1.00 e. The first-order valence-electron chi connectivity index (χ1n) is 2.86. The van der Waals surface area contributed by atoms with Crippen molar-refractivity contribution < 1.29 is 89.7 Å². The van der Waals surface area contributed by atoms with Gasteiger partial charge >= 0.3 is 59.1 Å². The number of rotatable bonds is 1. The zero-order chi connectivity index (χ0) is 9.52. The van der Waals surface area contributed by atoms with Crippen LogP contribution in [0.1, 0.15) is 9.27 Å². The molecule has 2 N–H and O–H groups in total. The van der Waals surface area contributed by atoms with E-state index in [4.69, 9.17) is 9.76 Å². The van der Waals surface area contributed by atoms with E-state index in [1.807, 2.05) is 0 Å². The van der Waals surface area contributed by atoms with Crippen LogP contribution in [0, 0.1) is 0 Å². The molecule has 72 valence electrons. The van der Waals surface area contributed by atoms with Crippen LogP contribution in [0.25, 0.3) is 0 Å². The average Bonchev–Trinajstić information content (AvgIpc) is 2.15. The molecule has 0 aliphatic carbocycles. The molecule has 0 saturated carbocycles. The molecular weight excluding hydrogens is 236 g/mol. The Morgan fingerprint density at radius 1 is 1.36 bits per heavy atom. The molecule has 1 heterocycles. The number of nitrogens with zero attached hydrogens (tertiary/aromatic N) is 1. The van der Waals surface area contributed by atoms with Crippen LogP contribution in [0.2, 0.25) is 0 Å². The molecule has 1 atom stereocenters. The van der Waals surface area contributed by atoms with Gasteiger partial charge in [-0.3, -0.25) is 19.3 Å². The van der Waals surface area contributed by atoms with E-state index < -0.39 is 33.6 Å². The Morgan fingerprint density at radius 2 is 1.79 bits per heavy atom. The van der Waals surface area contributed by atoms with Crippen molar-refractivity contribution in [3.05, 3.63) is 0 Å². The Labute approximate surface area is 127 Å². The predicted molar refractivity (Wildman–Crippen MR) is 35.8 cm³/mol. The second-order valence-corrected chi connectivity index (χ2v) is 3.85. The van der Waals surface area contributed by atoms with E-state index in [0.29, 0.717) is 0 Å². The third kappa shape index (κ3) is 3.54. The van der Waals surface area contributed by atoms with E-state index in [0.717, 1.165) is 0 Å². The van der Waals surface area contributed by atoms with E-state index in [-0.39, 0.29) is 67.0 Å². The molecule has 1 rings (SSSR count). The second kappa shape index (κ2) is 5.92. The van der Waals surface area contributed by atoms with E-state index in [1.54, 1.807) is 0 Å². The summed E-state index contributed by atoms with van der Waals surface area (Å²) in [6.45, 7) is 0. The molecule has 1 aliphatic rings. The van der Waals surface area contributed by atoms with E-state index in [2.05, 4.69) is 0 Å². The molecule has 1 aliphatic heterocycles. The Morgan fingerprint density at radius 3 is 1.93 bits per heavy atom. The topological polar surface area (TPSA) is 112 Å².